The lowest BCUT2D eigenvalue weighted by atomic mass is 9.97. The summed E-state index contributed by atoms with van der Waals surface area (Å²) in [5.74, 6) is -1.78. The minimum absolute atomic E-state index is 0.0111. The summed E-state index contributed by atoms with van der Waals surface area (Å²) in [6.07, 6.45) is 0. The highest BCUT2D eigenvalue weighted by molar-refractivity contribution is 6.12. The molecule has 0 heterocycles. The summed E-state index contributed by atoms with van der Waals surface area (Å²) < 4.78 is 4.60. The van der Waals surface area contributed by atoms with Crippen LogP contribution in [0.4, 0.5) is 0 Å². The number of methoxy groups -OCH3 is 1. The summed E-state index contributed by atoms with van der Waals surface area (Å²) in [6.45, 7) is 1.87. The van der Waals surface area contributed by atoms with Gasteiger partial charge < -0.3 is 9.84 Å². The van der Waals surface area contributed by atoms with Gasteiger partial charge in [-0.05, 0) is 23.8 Å². The van der Waals surface area contributed by atoms with Crippen molar-refractivity contribution in [2.75, 3.05) is 7.11 Å². The topological polar surface area (TPSA) is 63.6 Å². The summed E-state index contributed by atoms with van der Waals surface area (Å²) in [7, 11) is 1.23. The van der Waals surface area contributed by atoms with Gasteiger partial charge in [0.15, 0.2) is 0 Å². The number of carboxylic acid groups (broad SMARTS) is 1. The van der Waals surface area contributed by atoms with E-state index in [0.717, 1.165) is 10.9 Å². The van der Waals surface area contributed by atoms with Crippen LogP contribution >= 0.6 is 0 Å². The third kappa shape index (κ3) is 1.93. The molecule has 0 radical (unpaired) electrons. The van der Waals surface area contributed by atoms with Crippen molar-refractivity contribution in [3.8, 4) is 0 Å². The van der Waals surface area contributed by atoms with Gasteiger partial charge in [0.25, 0.3) is 0 Å². The van der Waals surface area contributed by atoms with Crippen LogP contribution in [-0.4, -0.2) is 24.2 Å². The van der Waals surface area contributed by atoms with E-state index in [-0.39, 0.29) is 11.1 Å². The van der Waals surface area contributed by atoms with E-state index in [2.05, 4.69) is 4.74 Å². The third-order valence-electron chi connectivity index (χ3n) is 2.80. The monoisotopic (exact) mass is 244 g/mol. The molecule has 18 heavy (non-hydrogen) atoms. The number of carbonyl (C=O) groups excluding carboxylic acids is 1. The lowest BCUT2D eigenvalue weighted by Gasteiger charge is -2.08. The van der Waals surface area contributed by atoms with Gasteiger partial charge >= 0.3 is 11.9 Å². The number of rotatable bonds is 2. The lowest BCUT2D eigenvalue weighted by molar-refractivity contribution is 0.0583. The van der Waals surface area contributed by atoms with E-state index >= 15 is 0 Å². The molecule has 0 atom stereocenters. The molecule has 0 unspecified atom stereocenters. The summed E-state index contributed by atoms with van der Waals surface area (Å²) >= 11 is 0. The van der Waals surface area contributed by atoms with Gasteiger partial charge in [-0.2, -0.15) is 0 Å². The molecular weight excluding hydrogens is 232 g/mol. The highest BCUT2D eigenvalue weighted by Crippen LogP contribution is 2.24. The van der Waals surface area contributed by atoms with Crippen LogP contribution in [0, 0.1) is 6.92 Å². The molecule has 2 aromatic rings. The maximum atomic E-state index is 11.6. The number of esters is 1. The molecule has 0 spiro atoms. The lowest BCUT2D eigenvalue weighted by Crippen LogP contribution is -2.10. The summed E-state index contributed by atoms with van der Waals surface area (Å²) in [4.78, 5) is 22.9. The van der Waals surface area contributed by atoms with E-state index in [4.69, 9.17) is 0 Å². The Balaban J connectivity index is 2.85. The number of hydrogen-bond donors (Lipinski definition) is 1. The smallest absolute Gasteiger partial charge is 0.338 e. The maximum absolute atomic E-state index is 11.6. The highest BCUT2D eigenvalue weighted by atomic mass is 16.5. The largest absolute Gasteiger partial charge is 0.478 e. The molecule has 4 heteroatoms. The molecule has 2 rings (SSSR count). The minimum Gasteiger partial charge on any atom is -0.478 e. The molecule has 4 nitrogen and oxygen atoms in total. The van der Waals surface area contributed by atoms with Crippen molar-refractivity contribution in [3.63, 3.8) is 0 Å². The van der Waals surface area contributed by atoms with Crippen LogP contribution in [0.25, 0.3) is 10.8 Å². The van der Waals surface area contributed by atoms with E-state index in [9.17, 15) is 14.7 Å². The van der Waals surface area contributed by atoms with Crippen molar-refractivity contribution >= 4 is 22.7 Å². The second kappa shape index (κ2) is 4.49. The van der Waals surface area contributed by atoms with Crippen LogP contribution in [-0.2, 0) is 4.74 Å². The second-order valence-electron chi connectivity index (χ2n) is 4.01. The van der Waals surface area contributed by atoms with Gasteiger partial charge in [0.2, 0.25) is 0 Å². The molecule has 92 valence electrons. The van der Waals surface area contributed by atoms with Gasteiger partial charge in [-0.25, -0.2) is 9.59 Å². The summed E-state index contributed by atoms with van der Waals surface area (Å²) in [6, 6.07) is 8.68. The first-order valence-corrected chi connectivity index (χ1v) is 5.39. The Bertz CT molecular complexity index is 644. The maximum Gasteiger partial charge on any atom is 0.338 e. The normalized spacial score (nSPS) is 10.3. The fourth-order valence-corrected chi connectivity index (χ4v) is 1.94. The number of hydrogen-bond acceptors (Lipinski definition) is 3. The SMILES string of the molecule is COC(=O)c1ccc2ccc(C)cc2c1C(=O)O. The van der Waals surface area contributed by atoms with Gasteiger partial charge in [0.1, 0.15) is 0 Å². The molecule has 1 N–H and O–H groups in total. The Kier molecular flexibility index (Phi) is 3.02. The van der Waals surface area contributed by atoms with Crippen molar-refractivity contribution in [1.29, 1.82) is 0 Å². The zero-order valence-corrected chi connectivity index (χ0v) is 10.1. The molecule has 0 bridgehead atoms. The predicted molar refractivity (Wildman–Crippen MR) is 67.0 cm³/mol. The fourth-order valence-electron chi connectivity index (χ4n) is 1.94. The zero-order chi connectivity index (χ0) is 13.3. The van der Waals surface area contributed by atoms with Crippen LogP contribution in [0.5, 0.6) is 0 Å². The van der Waals surface area contributed by atoms with Gasteiger partial charge in [-0.1, -0.05) is 29.8 Å². The fraction of sp³-hybridized carbons (Fsp3) is 0.143. The van der Waals surface area contributed by atoms with Crippen LogP contribution in [0.15, 0.2) is 30.3 Å². The van der Waals surface area contributed by atoms with Crippen LogP contribution in [0.2, 0.25) is 0 Å². The first kappa shape index (κ1) is 12.1. The number of fused-ring (bicyclic) bond motifs is 1. The van der Waals surface area contributed by atoms with Gasteiger partial charge in [0, 0.05) is 0 Å². The third-order valence-corrected chi connectivity index (χ3v) is 2.80. The van der Waals surface area contributed by atoms with Gasteiger partial charge in [0.05, 0.1) is 18.2 Å². The molecule has 0 aliphatic rings. The Labute approximate surface area is 104 Å². The van der Waals surface area contributed by atoms with Crippen molar-refractivity contribution in [1.82, 2.24) is 0 Å². The van der Waals surface area contributed by atoms with Gasteiger partial charge in [-0.3, -0.25) is 0 Å². The highest BCUT2D eigenvalue weighted by Gasteiger charge is 2.20. The molecule has 0 aliphatic carbocycles. The average molecular weight is 244 g/mol. The molecule has 2 aromatic carbocycles. The van der Waals surface area contributed by atoms with Gasteiger partial charge in [-0.15, -0.1) is 0 Å². The molecule has 0 saturated heterocycles. The van der Waals surface area contributed by atoms with E-state index < -0.39 is 11.9 Å². The van der Waals surface area contributed by atoms with Crippen molar-refractivity contribution < 1.29 is 19.4 Å². The van der Waals surface area contributed by atoms with Crippen LogP contribution < -0.4 is 0 Å². The number of ether oxygens (including phenoxy) is 1. The van der Waals surface area contributed by atoms with E-state index in [1.54, 1.807) is 12.1 Å². The molecule has 0 aromatic heterocycles. The number of aryl methyl sites for hydroxylation is 1. The standard InChI is InChI=1S/C14H12O4/c1-8-3-4-9-5-6-10(14(17)18-2)12(13(15)16)11(9)7-8/h3-7H,1-2H3,(H,15,16). The van der Waals surface area contributed by atoms with Crippen molar-refractivity contribution in [3.05, 3.63) is 47.0 Å². The average Bonchev–Trinajstić information content (AvgIpc) is 2.35. The molecule has 0 aliphatic heterocycles. The number of carboxylic acids is 1. The van der Waals surface area contributed by atoms with Crippen LogP contribution in [0.1, 0.15) is 26.3 Å². The predicted octanol–water partition coefficient (Wildman–Crippen LogP) is 2.63. The van der Waals surface area contributed by atoms with Crippen molar-refractivity contribution in [2.45, 2.75) is 6.92 Å². The summed E-state index contributed by atoms with van der Waals surface area (Å²) in [5, 5.41) is 10.6. The Morgan fingerprint density at radius 1 is 1.17 bits per heavy atom. The van der Waals surface area contributed by atoms with Crippen LogP contribution in [0.3, 0.4) is 0 Å². The molecule has 0 saturated carbocycles. The first-order valence-electron chi connectivity index (χ1n) is 5.39. The zero-order valence-electron chi connectivity index (χ0n) is 10.1. The van der Waals surface area contributed by atoms with Crippen molar-refractivity contribution in [2.24, 2.45) is 0 Å². The second-order valence-corrected chi connectivity index (χ2v) is 4.01. The Morgan fingerprint density at radius 3 is 2.44 bits per heavy atom. The minimum atomic E-state index is -1.13. The quantitative estimate of drug-likeness (QED) is 0.825. The Morgan fingerprint density at radius 2 is 1.83 bits per heavy atom. The number of aromatic carboxylic acids is 1. The first-order chi connectivity index (χ1) is 8.54. The Hall–Kier alpha value is -2.36. The number of carbonyl (C=O) groups is 2. The molecule has 0 amide bonds. The summed E-state index contributed by atoms with van der Waals surface area (Å²) in [5.41, 5.74) is 0.998. The molecule has 0 fully saturated rings. The molecular formula is C14H12O4. The van der Waals surface area contributed by atoms with E-state index in [1.807, 2.05) is 19.1 Å². The van der Waals surface area contributed by atoms with E-state index in [1.165, 1.54) is 13.2 Å². The van der Waals surface area contributed by atoms with E-state index in [0.29, 0.717) is 5.39 Å². The number of benzene rings is 2.